The number of benzene rings is 1. The molecule has 3 nitrogen and oxygen atoms in total. The van der Waals surface area contributed by atoms with E-state index in [1.807, 2.05) is 22.7 Å². The van der Waals surface area contributed by atoms with Gasteiger partial charge in [0.05, 0.1) is 12.1 Å². The van der Waals surface area contributed by atoms with E-state index < -0.39 is 11.7 Å². The van der Waals surface area contributed by atoms with E-state index in [2.05, 4.69) is 4.98 Å². The summed E-state index contributed by atoms with van der Waals surface area (Å²) in [6.45, 7) is 0.720. The molecule has 2 rings (SSSR count). The number of rotatable bonds is 4. The molecule has 0 amide bonds. The summed E-state index contributed by atoms with van der Waals surface area (Å²) in [5.41, 5.74) is -0.302. The van der Waals surface area contributed by atoms with Gasteiger partial charge < -0.3 is 4.57 Å². The van der Waals surface area contributed by atoms with Gasteiger partial charge in [-0.2, -0.15) is 13.2 Å². The maximum atomic E-state index is 12.9. The summed E-state index contributed by atoms with van der Waals surface area (Å²) in [5.74, 6) is 0.817. The number of aromatic nitrogens is 2. The Kier molecular flexibility index (Phi) is 4.13. The maximum absolute atomic E-state index is 12.9. The third-order valence-corrected chi connectivity index (χ3v) is 3.10. The Hall–Kier alpha value is -1.82. The molecule has 6 heteroatoms. The Bertz CT molecular complexity index is 575. The van der Waals surface area contributed by atoms with E-state index in [4.69, 9.17) is 0 Å². The number of nitrogens with zero attached hydrogens (tertiary/aromatic N) is 3. The van der Waals surface area contributed by atoms with Gasteiger partial charge >= 0.3 is 6.18 Å². The van der Waals surface area contributed by atoms with Gasteiger partial charge in [0.15, 0.2) is 0 Å². The first-order valence-corrected chi connectivity index (χ1v) is 6.18. The molecular weight excluding hydrogens is 267 g/mol. The van der Waals surface area contributed by atoms with Crippen molar-refractivity contribution in [3.63, 3.8) is 0 Å². The standard InChI is InChI=1S/C14H16F3N3/c1-19(10-13-18-7-8-20(13)2)9-11-5-3-4-6-12(11)14(15,16)17/h3-8H,9-10H2,1-2H3. The van der Waals surface area contributed by atoms with Crippen LogP contribution in [0, 0.1) is 0 Å². The number of aryl methyl sites for hydroxylation is 1. The van der Waals surface area contributed by atoms with Gasteiger partial charge in [-0.1, -0.05) is 18.2 Å². The van der Waals surface area contributed by atoms with Crippen LogP contribution in [0.25, 0.3) is 0 Å². The molecule has 0 unspecified atom stereocenters. The highest BCUT2D eigenvalue weighted by Gasteiger charge is 2.32. The molecular formula is C14H16F3N3. The van der Waals surface area contributed by atoms with Gasteiger partial charge in [-0.3, -0.25) is 4.90 Å². The van der Waals surface area contributed by atoms with Crippen molar-refractivity contribution in [2.45, 2.75) is 19.3 Å². The Labute approximate surface area is 115 Å². The third-order valence-electron chi connectivity index (χ3n) is 3.10. The van der Waals surface area contributed by atoms with Crippen molar-refractivity contribution in [2.75, 3.05) is 7.05 Å². The highest BCUT2D eigenvalue weighted by molar-refractivity contribution is 5.29. The largest absolute Gasteiger partial charge is 0.416 e. The first-order chi connectivity index (χ1) is 9.38. The Morgan fingerprint density at radius 2 is 1.90 bits per heavy atom. The molecule has 0 aliphatic carbocycles. The summed E-state index contributed by atoms with van der Waals surface area (Å²) in [4.78, 5) is 5.98. The monoisotopic (exact) mass is 283 g/mol. The van der Waals surface area contributed by atoms with Crippen molar-refractivity contribution in [1.29, 1.82) is 0 Å². The molecule has 0 fully saturated rings. The molecule has 1 aromatic carbocycles. The molecule has 0 saturated heterocycles. The zero-order valence-corrected chi connectivity index (χ0v) is 11.4. The average Bonchev–Trinajstić information content (AvgIpc) is 2.74. The highest BCUT2D eigenvalue weighted by Crippen LogP contribution is 2.32. The summed E-state index contributed by atoms with van der Waals surface area (Å²) in [6, 6.07) is 5.66. The minimum atomic E-state index is -4.32. The van der Waals surface area contributed by atoms with Gasteiger partial charge in [0, 0.05) is 26.0 Å². The summed E-state index contributed by atoms with van der Waals surface area (Å²) < 4.78 is 40.6. The van der Waals surface area contributed by atoms with Crippen molar-refractivity contribution < 1.29 is 13.2 Å². The summed E-state index contributed by atoms with van der Waals surface area (Å²) in [7, 11) is 3.64. The predicted molar refractivity (Wildman–Crippen MR) is 69.8 cm³/mol. The maximum Gasteiger partial charge on any atom is 0.416 e. The average molecular weight is 283 g/mol. The van der Waals surface area contributed by atoms with Crippen LogP contribution in [0.5, 0.6) is 0 Å². The van der Waals surface area contributed by atoms with Gasteiger partial charge in [0.25, 0.3) is 0 Å². The molecule has 20 heavy (non-hydrogen) atoms. The lowest BCUT2D eigenvalue weighted by molar-refractivity contribution is -0.138. The van der Waals surface area contributed by atoms with Crippen LogP contribution in [0.1, 0.15) is 17.0 Å². The SMILES string of the molecule is CN(Cc1ccccc1C(F)(F)F)Cc1nccn1C. The third kappa shape index (κ3) is 3.39. The number of hydrogen-bond acceptors (Lipinski definition) is 2. The van der Waals surface area contributed by atoms with Crippen LogP contribution in [0.15, 0.2) is 36.7 Å². The van der Waals surface area contributed by atoms with E-state index >= 15 is 0 Å². The van der Waals surface area contributed by atoms with E-state index in [-0.39, 0.29) is 12.1 Å². The molecule has 0 aliphatic heterocycles. The van der Waals surface area contributed by atoms with Gasteiger partial charge in [-0.15, -0.1) is 0 Å². The van der Waals surface area contributed by atoms with E-state index in [0.29, 0.717) is 6.54 Å². The lowest BCUT2D eigenvalue weighted by Crippen LogP contribution is -2.21. The number of alkyl halides is 3. The van der Waals surface area contributed by atoms with E-state index in [0.717, 1.165) is 11.9 Å². The smallest absolute Gasteiger partial charge is 0.337 e. The Balaban J connectivity index is 2.12. The minimum absolute atomic E-state index is 0.225. The predicted octanol–water partition coefficient (Wildman–Crippen LogP) is 3.07. The van der Waals surface area contributed by atoms with Crippen LogP contribution in [0.4, 0.5) is 13.2 Å². The molecule has 0 spiro atoms. The summed E-state index contributed by atoms with van der Waals surface area (Å²) >= 11 is 0. The van der Waals surface area contributed by atoms with Crippen molar-refractivity contribution in [3.05, 3.63) is 53.6 Å². The lowest BCUT2D eigenvalue weighted by Gasteiger charge is -2.19. The van der Waals surface area contributed by atoms with Crippen molar-refractivity contribution in [2.24, 2.45) is 7.05 Å². The molecule has 0 N–H and O–H groups in total. The Morgan fingerprint density at radius 1 is 1.20 bits per heavy atom. The number of hydrogen-bond donors (Lipinski definition) is 0. The zero-order valence-electron chi connectivity index (χ0n) is 11.4. The fraction of sp³-hybridized carbons (Fsp3) is 0.357. The van der Waals surface area contributed by atoms with Gasteiger partial charge in [-0.05, 0) is 18.7 Å². The normalized spacial score (nSPS) is 12.1. The Morgan fingerprint density at radius 3 is 2.50 bits per heavy atom. The van der Waals surface area contributed by atoms with Crippen LogP contribution in [-0.2, 0) is 26.3 Å². The van der Waals surface area contributed by atoms with E-state index in [1.165, 1.54) is 12.1 Å². The second-order valence-corrected chi connectivity index (χ2v) is 4.78. The van der Waals surface area contributed by atoms with E-state index in [1.54, 1.807) is 19.3 Å². The molecule has 0 bridgehead atoms. The van der Waals surface area contributed by atoms with Gasteiger partial charge in [-0.25, -0.2) is 4.98 Å². The van der Waals surface area contributed by atoms with Crippen LogP contribution in [0.2, 0.25) is 0 Å². The second-order valence-electron chi connectivity index (χ2n) is 4.78. The summed E-state index contributed by atoms with van der Waals surface area (Å²) in [5, 5.41) is 0. The van der Waals surface area contributed by atoms with Crippen molar-refractivity contribution in [1.82, 2.24) is 14.5 Å². The molecule has 108 valence electrons. The van der Waals surface area contributed by atoms with Crippen molar-refractivity contribution in [3.8, 4) is 0 Å². The van der Waals surface area contributed by atoms with Gasteiger partial charge in [0.1, 0.15) is 5.82 Å². The number of imidazole rings is 1. The first-order valence-electron chi connectivity index (χ1n) is 6.18. The fourth-order valence-electron chi connectivity index (χ4n) is 2.07. The molecule has 0 aliphatic rings. The van der Waals surface area contributed by atoms with Crippen molar-refractivity contribution >= 4 is 0 Å². The number of halogens is 3. The van der Waals surface area contributed by atoms with Crippen LogP contribution in [-0.4, -0.2) is 21.5 Å². The second kappa shape index (κ2) is 5.66. The fourth-order valence-corrected chi connectivity index (χ4v) is 2.07. The van der Waals surface area contributed by atoms with Crippen LogP contribution in [0.3, 0.4) is 0 Å². The molecule has 0 saturated carbocycles. The zero-order chi connectivity index (χ0) is 14.8. The molecule has 0 radical (unpaired) electrons. The van der Waals surface area contributed by atoms with Crippen LogP contribution < -0.4 is 0 Å². The van der Waals surface area contributed by atoms with Crippen LogP contribution >= 0.6 is 0 Å². The molecule has 2 aromatic rings. The minimum Gasteiger partial charge on any atom is -0.337 e. The van der Waals surface area contributed by atoms with Gasteiger partial charge in [0.2, 0.25) is 0 Å². The quantitative estimate of drug-likeness (QED) is 0.860. The van der Waals surface area contributed by atoms with E-state index in [9.17, 15) is 13.2 Å². The molecule has 1 aromatic heterocycles. The first kappa shape index (κ1) is 14.6. The topological polar surface area (TPSA) is 21.1 Å². The molecule has 1 heterocycles. The highest BCUT2D eigenvalue weighted by atomic mass is 19.4. The summed E-state index contributed by atoms with van der Waals surface area (Å²) in [6.07, 6.45) is -0.833. The molecule has 0 atom stereocenters. The lowest BCUT2D eigenvalue weighted by atomic mass is 10.1.